The van der Waals surface area contributed by atoms with E-state index in [0.717, 1.165) is 13.7 Å². The maximum absolute atomic E-state index is 7.00. The van der Waals surface area contributed by atoms with E-state index in [1.165, 1.54) is 25.7 Å². The fourth-order valence-corrected chi connectivity index (χ4v) is 0.571. The summed E-state index contributed by atoms with van der Waals surface area (Å²) in [6.07, 6.45) is 5.16. The van der Waals surface area contributed by atoms with Gasteiger partial charge in [-0.2, -0.15) is 0 Å². The number of nitrogens with two attached hydrogens (primary N) is 1. The molecule has 3 N–H and O–H groups in total. The van der Waals surface area contributed by atoms with Crippen LogP contribution < -0.4 is 5.73 Å². The topological polar surface area (TPSA) is 46.2 Å². The highest BCUT2D eigenvalue weighted by Gasteiger charge is 1.80. The molecule has 0 amide bonds. The van der Waals surface area contributed by atoms with Crippen molar-refractivity contribution in [3.63, 3.8) is 0 Å². The van der Waals surface area contributed by atoms with Crippen LogP contribution in [0.1, 0.15) is 32.6 Å². The molecule has 0 saturated carbocycles. The van der Waals surface area contributed by atoms with E-state index in [4.69, 9.17) is 10.8 Å². The zero-order valence-corrected chi connectivity index (χ0v) is 6.56. The van der Waals surface area contributed by atoms with Crippen molar-refractivity contribution in [1.29, 1.82) is 0 Å². The summed E-state index contributed by atoms with van der Waals surface area (Å²) in [4.78, 5) is 0. The summed E-state index contributed by atoms with van der Waals surface area (Å²) in [5.41, 5.74) is 5.27. The van der Waals surface area contributed by atoms with E-state index in [2.05, 4.69) is 6.92 Å². The van der Waals surface area contributed by atoms with Crippen molar-refractivity contribution in [2.75, 3.05) is 13.7 Å². The molecule has 58 valence electrons. The SMILES string of the molecule is CCCCCCN.CO. The quantitative estimate of drug-likeness (QED) is 0.565. The Labute approximate surface area is 58.1 Å². The van der Waals surface area contributed by atoms with Crippen LogP contribution in [0.15, 0.2) is 0 Å². The van der Waals surface area contributed by atoms with Gasteiger partial charge in [0, 0.05) is 7.11 Å². The van der Waals surface area contributed by atoms with Gasteiger partial charge in [0.2, 0.25) is 0 Å². The highest BCUT2D eigenvalue weighted by molar-refractivity contribution is 4.38. The third-order valence-electron chi connectivity index (χ3n) is 1.06. The van der Waals surface area contributed by atoms with Crippen LogP contribution in [0.2, 0.25) is 0 Å². The second-order valence-corrected chi connectivity index (χ2v) is 1.85. The fourth-order valence-electron chi connectivity index (χ4n) is 0.571. The van der Waals surface area contributed by atoms with Gasteiger partial charge >= 0.3 is 0 Å². The van der Waals surface area contributed by atoms with Gasteiger partial charge in [0.15, 0.2) is 0 Å². The summed E-state index contributed by atoms with van der Waals surface area (Å²) in [6, 6.07) is 0. The van der Waals surface area contributed by atoms with Crippen LogP contribution >= 0.6 is 0 Å². The van der Waals surface area contributed by atoms with Crippen LogP contribution in [0, 0.1) is 0 Å². The van der Waals surface area contributed by atoms with E-state index in [-0.39, 0.29) is 0 Å². The molecule has 0 aromatic rings. The molecular formula is C7H19NO. The summed E-state index contributed by atoms with van der Waals surface area (Å²) in [5, 5.41) is 7.00. The van der Waals surface area contributed by atoms with E-state index in [1.54, 1.807) is 0 Å². The molecule has 0 fully saturated rings. The van der Waals surface area contributed by atoms with Crippen molar-refractivity contribution in [1.82, 2.24) is 0 Å². The lowest BCUT2D eigenvalue weighted by molar-refractivity contribution is 0.399. The average Bonchev–Trinajstić information content (AvgIpc) is 1.94. The first-order chi connectivity index (χ1) is 4.41. The first kappa shape index (κ1) is 11.7. The number of unbranched alkanes of at least 4 members (excludes halogenated alkanes) is 3. The van der Waals surface area contributed by atoms with Crippen molar-refractivity contribution < 1.29 is 5.11 Å². The van der Waals surface area contributed by atoms with E-state index < -0.39 is 0 Å². The van der Waals surface area contributed by atoms with Gasteiger partial charge in [-0.25, -0.2) is 0 Å². The maximum atomic E-state index is 7.00. The molecule has 0 saturated heterocycles. The van der Waals surface area contributed by atoms with Gasteiger partial charge < -0.3 is 10.8 Å². The Hall–Kier alpha value is -0.0800. The fraction of sp³-hybridized carbons (Fsp3) is 1.00. The molecule has 0 rings (SSSR count). The number of aliphatic hydroxyl groups is 1. The smallest absolute Gasteiger partial charge is 0.0319 e. The van der Waals surface area contributed by atoms with Gasteiger partial charge in [0.1, 0.15) is 0 Å². The molecule has 9 heavy (non-hydrogen) atoms. The number of hydrogen-bond donors (Lipinski definition) is 2. The molecule has 0 radical (unpaired) electrons. The molecule has 2 heteroatoms. The molecular weight excluding hydrogens is 114 g/mol. The van der Waals surface area contributed by atoms with E-state index in [0.29, 0.717) is 0 Å². The molecule has 2 nitrogen and oxygen atoms in total. The predicted octanol–water partition coefficient (Wildman–Crippen LogP) is 1.13. The molecule has 0 aliphatic carbocycles. The third-order valence-corrected chi connectivity index (χ3v) is 1.06. The van der Waals surface area contributed by atoms with Gasteiger partial charge in [-0.1, -0.05) is 26.2 Å². The zero-order valence-electron chi connectivity index (χ0n) is 6.56. The third kappa shape index (κ3) is 18.1. The van der Waals surface area contributed by atoms with Crippen LogP contribution in [-0.2, 0) is 0 Å². The van der Waals surface area contributed by atoms with Crippen LogP contribution in [0.5, 0.6) is 0 Å². The Balaban J connectivity index is 0. The summed E-state index contributed by atoms with van der Waals surface area (Å²) in [7, 11) is 1.00. The average molecular weight is 133 g/mol. The highest BCUT2D eigenvalue weighted by Crippen LogP contribution is 1.95. The predicted molar refractivity (Wildman–Crippen MR) is 41.3 cm³/mol. The second kappa shape index (κ2) is 15.7. The van der Waals surface area contributed by atoms with Gasteiger partial charge in [-0.3, -0.25) is 0 Å². The summed E-state index contributed by atoms with van der Waals surface area (Å²) >= 11 is 0. The summed E-state index contributed by atoms with van der Waals surface area (Å²) in [6.45, 7) is 3.07. The van der Waals surface area contributed by atoms with Crippen molar-refractivity contribution in [3.8, 4) is 0 Å². The standard InChI is InChI=1S/C6H15N.CH4O/c1-2-3-4-5-6-7;1-2/h2-7H2,1H3;2H,1H3. The largest absolute Gasteiger partial charge is 0.400 e. The second-order valence-electron chi connectivity index (χ2n) is 1.85. The Bertz CT molecular complexity index is 28.1. The van der Waals surface area contributed by atoms with E-state index in [1.807, 2.05) is 0 Å². The van der Waals surface area contributed by atoms with Crippen molar-refractivity contribution >= 4 is 0 Å². The molecule has 0 heterocycles. The Kier molecular flexibility index (Phi) is 20.3. The Morgan fingerprint density at radius 3 is 2.00 bits per heavy atom. The molecule has 0 aliphatic rings. The van der Waals surface area contributed by atoms with Crippen molar-refractivity contribution in [3.05, 3.63) is 0 Å². The minimum absolute atomic E-state index is 0.861. The zero-order chi connectivity index (χ0) is 7.54. The van der Waals surface area contributed by atoms with Gasteiger partial charge in [0.05, 0.1) is 0 Å². The van der Waals surface area contributed by atoms with Crippen LogP contribution in [-0.4, -0.2) is 18.8 Å². The molecule has 0 aromatic carbocycles. The molecule has 0 bridgehead atoms. The van der Waals surface area contributed by atoms with Gasteiger partial charge in [-0.05, 0) is 13.0 Å². The first-order valence-electron chi connectivity index (χ1n) is 3.56. The molecule has 0 atom stereocenters. The lowest BCUT2D eigenvalue weighted by atomic mass is 10.2. The van der Waals surface area contributed by atoms with Crippen LogP contribution in [0.4, 0.5) is 0 Å². The van der Waals surface area contributed by atoms with Crippen molar-refractivity contribution in [2.24, 2.45) is 5.73 Å². The number of rotatable bonds is 4. The minimum Gasteiger partial charge on any atom is -0.400 e. The van der Waals surface area contributed by atoms with Gasteiger partial charge in [0.25, 0.3) is 0 Å². The monoisotopic (exact) mass is 133 g/mol. The molecule has 0 unspecified atom stereocenters. The number of aliphatic hydroxyl groups excluding tert-OH is 1. The number of hydrogen-bond acceptors (Lipinski definition) is 2. The van der Waals surface area contributed by atoms with Crippen molar-refractivity contribution in [2.45, 2.75) is 32.6 Å². The van der Waals surface area contributed by atoms with E-state index in [9.17, 15) is 0 Å². The van der Waals surface area contributed by atoms with Crippen LogP contribution in [0.3, 0.4) is 0 Å². The lowest BCUT2D eigenvalue weighted by Crippen LogP contribution is -1.97. The Morgan fingerprint density at radius 1 is 1.11 bits per heavy atom. The van der Waals surface area contributed by atoms with Crippen LogP contribution in [0.25, 0.3) is 0 Å². The lowest BCUT2D eigenvalue weighted by Gasteiger charge is -1.90. The van der Waals surface area contributed by atoms with E-state index >= 15 is 0 Å². The minimum atomic E-state index is 0.861. The summed E-state index contributed by atoms with van der Waals surface area (Å²) in [5.74, 6) is 0. The first-order valence-corrected chi connectivity index (χ1v) is 3.56. The Morgan fingerprint density at radius 2 is 1.67 bits per heavy atom. The highest BCUT2D eigenvalue weighted by atomic mass is 16.2. The maximum Gasteiger partial charge on any atom is 0.0319 e. The summed E-state index contributed by atoms with van der Waals surface area (Å²) < 4.78 is 0. The normalized spacial score (nSPS) is 8.00. The molecule has 0 spiro atoms. The van der Waals surface area contributed by atoms with Gasteiger partial charge in [-0.15, -0.1) is 0 Å². The molecule has 0 aliphatic heterocycles. The molecule has 0 aromatic heterocycles.